The summed E-state index contributed by atoms with van der Waals surface area (Å²) in [6.45, 7) is -0.121. The third kappa shape index (κ3) is 4.81. The minimum atomic E-state index is -3.98. The maximum atomic E-state index is 11.2. The molecule has 0 saturated heterocycles. The van der Waals surface area contributed by atoms with E-state index in [1.165, 1.54) is 6.07 Å². The molecule has 0 unspecified atom stereocenters. The zero-order valence-electron chi connectivity index (χ0n) is 9.76. The molecule has 0 aliphatic carbocycles. The van der Waals surface area contributed by atoms with Crippen molar-refractivity contribution in [1.82, 2.24) is 0 Å². The number of benzene rings is 1. The number of rotatable bonds is 5. The van der Waals surface area contributed by atoms with E-state index < -0.39 is 19.9 Å². The lowest BCUT2D eigenvalue weighted by Crippen LogP contribution is -2.14. The van der Waals surface area contributed by atoms with Crippen molar-refractivity contribution < 1.29 is 21.6 Å². The summed E-state index contributed by atoms with van der Waals surface area (Å²) in [7, 11) is -7.15. The van der Waals surface area contributed by atoms with Crippen LogP contribution in [0.4, 0.5) is 0 Å². The number of sulfone groups is 1. The molecule has 0 radical (unpaired) electrons. The topological polar surface area (TPSA) is 104 Å². The van der Waals surface area contributed by atoms with Gasteiger partial charge in [0.1, 0.15) is 22.3 Å². The molecule has 19 heavy (non-hydrogen) atoms. The largest absolute Gasteiger partial charge is 0.491 e. The maximum Gasteiger partial charge on any atom is 0.239 e. The lowest BCUT2D eigenvalue weighted by atomic mass is 10.3. The highest BCUT2D eigenvalue weighted by Gasteiger charge is 2.18. The molecule has 0 heterocycles. The van der Waals surface area contributed by atoms with Gasteiger partial charge in [-0.15, -0.1) is 0 Å². The highest BCUT2D eigenvalue weighted by Crippen LogP contribution is 2.36. The van der Waals surface area contributed by atoms with Crippen molar-refractivity contribution in [3.8, 4) is 5.75 Å². The number of nitrogens with two attached hydrogens (primary N) is 1. The quantitative estimate of drug-likeness (QED) is 0.857. The summed E-state index contributed by atoms with van der Waals surface area (Å²) in [6.07, 6.45) is 1.06. The molecular formula is C9H11Cl2NO5S2. The summed E-state index contributed by atoms with van der Waals surface area (Å²) in [4.78, 5) is -0.324. The first-order chi connectivity index (χ1) is 8.52. The van der Waals surface area contributed by atoms with E-state index in [1.807, 2.05) is 0 Å². The molecule has 0 fully saturated rings. The third-order valence-corrected chi connectivity index (χ3v) is 4.87. The highest BCUT2D eigenvalue weighted by atomic mass is 35.5. The van der Waals surface area contributed by atoms with Gasteiger partial charge in [-0.05, 0) is 12.1 Å². The van der Waals surface area contributed by atoms with E-state index in [9.17, 15) is 16.8 Å². The first-order valence-corrected chi connectivity index (χ1v) is 9.20. The van der Waals surface area contributed by atoms with Gasteiger partial charge in [0.05, 0.1) is 10.8 Å². The number of hydrogen-bond acceptors (Lipinski definition) is 5. The molecule has 2 N–H and O–H groups in total. The SMILES string of the molecule is CS(=O)(=O)CCOc1ccc(S(N)(=O)=O)c(Cl)c1Cl. The van der Waals surface area contributed by atoms with Crippen LogP contribution in [0, 0.1) is 0 Å². The van der Waals surface area contributed by atoms with Gasteiger partial charge < -0.3 is 4.74 Å². The summed E-state index contributed by atoms with van der Waals surface area (Å²) in [5.74, 6) is -0.111. The Labute approximate surface area is 121 Å². The van der Waals surface area contributed by atoms with E-state index in [-0.39, 0.29) is 33.0 Å². The minimum Gasteiger partial charge on any atom is -0.491 e. The molecule has 10 heteroatoms. The predicted octanol–water partition coefficient (Wildman–Crippen LogP) is 1.06. The number of ether oxygens (including phenoxy) is 1. The molecule has 0 aliphatic heterocycles. The second kappa shape index (κ2) is 5.84. The van der Waals surface area contributed by atoms with Crippen molar-refractivity contribution in [1.29, 1.82) is 0 Å². The molecule has 1 aromatic rings. The van der Waals surface area contributed by atoms with E-state index >= 15 is 0 Å². The first kappa shape index (κ1) is 16.5. The first-order valence-electron chi connectivity index (χ1n) is 4.83. The summed E-state index contributed by atoms with van der Waals surface area (Å²) < 4.78 is 49.3. The number of primary sulfonamides is 1. The summed E-state index contributed by atoms with van der Waals surface area (Å²) >= 11 is 11.6. The highest BCUT2D eigenvalue weighted by molar-refractivity contribution is 7.90. The van der Waals surface area contributed by atoms with Crippen LogP contribution >= 0.6 is 23.2 Å². The van der Waals surface area contributed by atoms with Crippen LogP contribution < -0.4 is 9.88 Å². The van der Waals surface area contributed by atoms with Crippen molar-refractivity contribution in [2.24, 2.45) is 5.14 Å². The molecule has 6 nitrogen and oxygen atoms in total. The van der Waals surface area contributed by atoms with Gasteiger partial charge in [0.25, 0.3) is 0 Å². The van der Waals surface area contributed by atoms with Crippen LogP contribution in [0.15, 0.2) is 17.0 Å². The van der Waals surface area contributed by atoms with Gasteiger partial charge in [0, 0.05) is 6.26 Å². The van der Waals surface area contributed by atoms with Gasteiger partial charge in [-0.2, -0.15) is 0 Å². The molecule has 0 amide bonds. The second-order valence-electron chi connectivity index (χ2n) is 3.71. The van der Waals surface area contributed by atoms with Gasteiger partial charge in [-0.3, -0.25) is 0 Å². The average molecular weight is 348 g/mol. The Morgan fingerprint density at radius 2 is 1.74 bits per heavy atom. The van der Waals surface area contributed by atoms with Gasteiger partial charge in [0.2, 0.25) is 10.0 Å². The molecule has 0 atom stereocenters. The van der Waals surface area contributed by atoms with Crippen molar-refractivity contribution in [3.05, 3.63) is 22.2 Å². The number of sulfonamides is 1. The molecule has 0 aromatic heterocycles. The predicted molar refractivity (Wildman–Crippen MR) is 73.0 cm³/mol. The molecule has 1 rings (SSSR count). The summed E-state index contributed by atoms with van der Waals surface area (Å²) in [6, 6.07) is 2.40. The molecule has 0 spiro atoms. The van der Waals surface area contributed by atoms with Crippen LogP contribution in [0.2, 0.25) is 10.0 Å². The molecular weight excluding hydrogens is 337 g/mol. The van der Waals surface area contributed by atoms with Gasteiger partial charge in [-0.1, -0.05) is 23.2 Å². The average Bonchev–Trinajstić information content (AvgIpc) is 2.20. The third-order valence-electron chi connectivity index (χ3n) is 2.03. The monoisotopic (exact) mass is 347 g/mol. The number of halogens is 2. The standard InChI is InChI=1S/C9H11Cl2NO5S2/c1-18(13,14)5-4-17-6-2-3-7(19(12,15)16)9(11)8(6)10/h2-3H,4-5H2,1H3,(H2,12,15,16). The molecule has 1 aromatic carbocycles. The number of hydrogen-bond donors (Lipinski definition) is 1. The van der Waals surface area contributed by atoms with Crippen LogP contribution in [0.25, 0.3) is 0 Å². The van der Waals surface area contributed by atoms with Crippen molar-refractivity contribution >= 4 is 43.1 Å². The smallest absolute Gasteiger partial charge is 0.239 e. The Morgan fingerprint density at radius 1 is 1.16 bits per heavy atom. The fraction of sp³-hybridized carbons (Fsp3) is 0.333. The van der Waals surface area contributed by atoms with Crippen molar-refractivity contribution in [3.63, 3.8) is 0 Å². The maximum absolute atomic E-state index is 11.2. The summed E-state index contributed by atoms with van der Waals surface area (Å²) in [5, 5.41) is 4.54. The van der Waals surface area contributed by atoms with E-state index in [1.54, 1.807) is 0 Å². The Balaban J connectivity index is 2.98. The lowest BCUT2D eigenvalue weighted by Gasteiger charge is -2.10. The minimum absolute atomic E-state index is 0.0858. The normalized spacial score (nSPS) is 12.4. The van der Waals surface area contributed by atoms with Crippen molar-refractivity contribution in [2.45, 2.75) is 4.90 Å². The lowest BCUT2D eigenvalue weighted by molar-refractivity contribution is 0.341. The summed E-state index contributed by atoms with van der Waals surface area (Å²) in [5.41, 5.74) is 0. The molecule has 0 saturated carbocycles. The zero-order chi connectivity index (χ0) is 14.8. The molecule has 108 valence electrons. The van der Waals surface area contributed by atoms with Crippen LogP contribution in [0.5, 0.6) is 5.75 Å². The Morgan fingerprint density at radius 3 is 2.21 bits per heavy atom. The van der Waals surface area contributed by atoms with E-state index in [0.29, 0.717) is 0 Å². The van der Waals surface area contributed by atoms with Crippen LogP contribution in [-0.4, -0.2) is 35.5 Å². The molecule has 0 aliphatic rings. The Kier molecular flexibility index (Phi) is 5.08. The Hall–Kier alpha value is -0.540. The fourth-order valence-electron chi connectivity index (χ4n) is 1.15. The van der Waals surface area contributed by atoms with Crippen LogP contribution in [-0.2, 0) is 19.9 Å². The second-order valence-corrected chi connectivity index (χ2v) is 8.26. The van der Waals surface area contributed by atoms with Crippen LogP contribution in [0.3, 0.4) is 0 Å². The van der Waals surface area contributed by atoms with E-state index in [2.05, 4.69) is 0 Å². The zero-order valence-corrected chi connectivity index (χ0v) is 12.9. The van der Waals surface area contributed by atoms with E-state index in [0.717, 1.165) is 12.3 Å². The van der Waals surface area contributed by atoms with Gasteiger partial charge in [0.15, 0.2) is 9.84 Å². The molecule has 0 bridgehead atoms. The van der Waals surface area contributed by atoms with Gasteiger partial charge >= 0.3 is 0 Å². The van der Waals surface area contributed by atoms with Crippen LogP contribution in [0.1, 0.15) is 0 Å². The Bertz CT molecular complexity index is 685. The fourth-order valence-corrected chi connectivity index (χ4v) is 2.90. The van der Waals surface area contributed by atoms with Crippen molar-refractivity contribution in [2.75, 3.05) is 18.6 Å². The van der Waals surface area contributed by atoms with Gasteiger partial charge in [-0.25, -0.2) is 22.0 Å². The van der Waals surface area contributed by atoms with E-state index in [4.69, 9.17) is 33.1 Å².